The van der Waals surface area contributed by atoms with E-state index >= 15 is 0 Å². The lowest BCUT2D eigenvalue weighted by Gasteiger charge is -2.19. The van der Waals surface area contributed by atoms with Crippen molar-refractivity contribution in [1.29, 1.82) is 0 Å². The molecule has 1 aromatic heterocycles. The molecule has 5 N–H and O–H groups in total. The average Bonchev–Trinajstić information content (AvgIpc) is 2.91. The molecule has 1 aromatic carbocycles. The minimum Gasteiger partial charge on any atom is -0.393 e. The highest BCUT2D eigenvalue weighted by Crippen LogP contribution is 2.26. The Hall–Kier alpha value is -2.54. The molecular weight excluding hydrogens is 352 g/mol. The van der Waals surface area contributed by atoms with Crippen molar-refractivity contribution in [3.8, 4) is 0 Å². The Morgan fingerprint density at radius 2 is 1.69 bits per heavy atom. The summed E-state index contributed by atoms with van der Waals surface area (Å²) in [7, 11) is 0. The second kappa shape index (κ2) is 8.71. The number of carbonyl (C=O) groups is 1. The summed E-state index contributed by atoms with van der Waals surface area (Å²) in [5.74, 6) is 0.645. The summed E-state index contributed by atoms with van der Waals surface area (Å²) in [6.45, 7) is 0. The molecule has 8 heteroatoms. The Labute approximate surface area is 157 Å². The molecule has 0 radical (unpaired) electrons. The summed E-state index contributed by atoms with van der Waals surface area (Å²) in [6.07, 6.45) is 8.63. The smallest absolute Gasteiger partial charge is 0.269 e. The van der Waals surface area contributed by atoms with Crippen LogP contribution in [-0.2, 0) is 0 Å². The van der Waals surface area contributed by atoms with Crippen molar-refractivity contribution in [3.05, 3.63) is 41.2 Å². The molecule has 0 unspecified atom stereocenters. The third kappa shape index (κ3) is 4.76. The molecule has 1 aliphatic rings. The van der Waals surface area contributed by atoms with Crippen molar-refractivity contribution in [2.75, 3.05) is 16.5 Å². The Kier molecular flexibility index (Phi) is 6.12. The molecule has 0 bridgehead atoms. The summed E-state index contributed by atoms with van der Waals surface area (Å²) in [5, 5.41) is 3.98. The van der Waals surface area contributed by atoms with Crippen LogP contribution in [0.1, 0.15) is 48.9 Å². The molecule has 0 aliphatic heterocycles. The number of nitrogen functional groups attached to an aromatic ring is 1. The molecule has 1 amide bonds. The summed E-state index contributed by atoms with van der Waals surface area (Å²) in [5.41, 5.74) is 12.4. The summed E-state index contributed by atoms with van der Waals surface area (Å²) in [6, 6.07) is 6.96. The van der Waals surface area contributed by atoms with Gasteiger partial charge in [0.05, 0.1) is 0 Å². The summed E-state index contributed by atoms with van der Waals surface area (Å²) < 4.78 is 0. The molecule has 0 atom stereocenters. The number of hydrazine groups is 1. The molecule has 138 valence electrons. The largest absolute Gasteiger partial charge is 0.393 e. The van der Waals surface area contributed by atoms with Crippen LogP contribution < -0.4 is 21.9 Å². The van der Waals surface area contributed by atoms with E-state index in [0.29, 0.717) is 34.0 Å². The zero-order valence-electron chi connectivity index (χ0n) is 14.5. The Morgan fingerprint density at radius 1 is 1.04 bits per heavy atom. The van der Waals surface area contributed by atoms with Gasteiger partial charge in [-0.2, -0.15) is 0 Å². The maximum absolute atomic E-state index is 12.2. The van der Waals surface area contributed by atoms with E-state index in [1.165, 1.54) is 32.0 Å². The van der Waals surface area contributed by atoms with Crippen LogP contribution in [0.25, 0.3) is 0 Å². The Bertz CT molecular complexity index is 744. The van der Waals surface area contributed by atoms with Crippen molar-refractivity contribution in [2.45, 2.75) is 44.6 Å². The molecule has 1 saturated carbocycles. The van der Waals surface area contributed by atoms with E-state index < -0.39 is 0 Å². The molecule has 7 nitrogen and oxygen atoms in total. The number of nitrogens with one attached hydrogen (secondary N) is 3. The molecule has 26 heavy (non-hydrogen) atoms. The van der Waals surface area contributed by atoms with Gasteiger partial charge in [-0.3, -0.25) is 15.6 Å². The lowest BCUT2D eigenvalue weighted by atomic mass is 10.1. The van der Waals surface area contributed by atoms with E-state index in [9.17, 15) is 4.79 Å². The number of nitrogens with two attached hydrogens (primary N) is 1. The van der Waals surface area contributed by atoms with Gasteiger partial charge in [0.1, 0.15) is 12.0 Å². The second-order valence-corrected chi connectivity index (χ2v) is 6.84. The van der Waals surface area contributed by atoms with Gasteiger partial charge in [0.2, 0.25) is 0 Å². The lowest BCUT2D eigenvalue weighted by Crippen LogP contribution is -2.30. The number of benzene rings is 1. The predicted molar refractivity (Wildman–Crippen MR) is 104 cm³/mol. The van der Waals surface area contributed by atoms with Gasteiger partial charge in [0, 0.05) is 16.6 Å². The highest BCUT2D eigenvalue weighted by Gasteiger charge is 2.16. The van der Waals surface area contributed by atoms with Gasteiger partial charge in [0.15, 0.2) is 11.6 Å². The van der Waals surface area contributed by atoms with E-state index in [2.05, 4.69) is 26.1 Å². The number of nitrogens with zero attached hydrogens (tertiary/aromatic N) is 2. The fourth-order valence-electron chi connectivity index (χ4n) is 3.02. The zero-order chi connectivity index (χ0) is 18.4. The molecule has 3 rings (SSSR count). The first-order valence-electron chi connectivity index (χ1n) is 8.82. The molecule has 0 spiro atoms. The van der Waals surface area contributed by atoms with Crippen molar-refractivity contribution in [3.63, 3.8) is 0 Å². The number of aromatic nitrogens is 2. The minimum atomic E-state index is -0.307. The first-order chi connectivity index (χ1) is 12.6. The first kappa shape index (κ1) is 18.3. The molecule has 1 heterocycles. The van der Waals surface area contributed by atoms with Crippen LogP contribution in [0.4, 0.5) is 17.3 Å². The van der Waals surface area contributed by atoms with E-state index in [0.717, 1.165) is 12.8 Å². The number of rotatable bonds is 5. The normalized spacial score (nSPS) is 15.1. The number of anilines is 3. The van der Waals surface area contributed by atoms with Gasteiger partial charge in [-0.25, -0.2) is 9.97 Å². The van der Waals surface area contributed by atoms with Crippen LogP contribution in [0.15, 0.2) is 30.6 Å². The number of hydrogen-bond donors (Lipinski definition) is 4. The van der Waals surface area contributed by atoms with Gasteiger partial charge in [-0.1, -0.05) is 37.3 Å². The highest BCUT2D eigenvalue weighted by molar-refractivity contribution is 6.30. The maximum Gasteiger partial charge on any atom is 0.269 e. The molecule has 1 fully saturated rings. The van der Waals surface area contributed by atoms with Gasteiger partial charge in [0.25, 0.3) is 5.91 Å². The Morgan fingerprint density at radius 3 is 2.38 bits per heavy atom. The first-order valence-corrected chi connectivity index (χ1v) is 9.20. The highest BCUT2D eigenvalue weighted by atomic mass is 35.5. The van der Waals surface area contributed by atoms with Crippen molar-refractivity contribution >= 4 is 34.8 Å². The SMILES string of the molecule is Nc1c(NNC(=O)c2ccc(Cl)cc2)ncnc1NC1CCCCCC1. The van der Waals surface area contributed by atoms with E-state index in [1.54, 1.807) is 24.3 Å². The van der Waals surface area contributed by atoms with Crippen LogP contribution in [0.5, 0.6) is 0 Å². The van der Waals surface area contributed by atoms with Crippen LogP contribution in [0, 0.1) is 0 Å². The van der Waals surface area contributed by atoms with Crippen LogP contribution in [-0.4, -0.2) is 21.9 Å². The van der Waals surface area contributed by atoms with Crippen LogP contribution in [0.2, 0.25) is 5.02 Å². The quantitative estimate of drug-likeness (QED) is 0.470. The Balaban J connectivity index is 1.63. The zero-order valence-corrected chi connectivity index (χ0v) is 15.2. The number of hydrogen-bond acceptors (Lipinski definition) is 6. The van der Waals surface area contributed by atoms with Crippen LogP contribution >= 0.6 is 11.6 Å². The fourth-order valence-corrected chi connectivity index (χ4v) is 3.14. The standard InChI is InChI=1S/C18H23ClN6O/c19-13-9-7-12(8-10-13)18(26)25-24-17-15(20)16(21-11-22-17)23-14-5-3-1-2-4-6-14/h7-11,14H,1-6,20H2,(H,25,26)(H2,21,22,23,24). The molecular formula is C18H23ClN6O. The van der Waals surface area contributed by atoms with Gasteiger partial charge >= 0.3 is 0 Å². The predicted octanol–water partition coefficient (Wildman–Crippen LogP) is 3.60. The second-order valence-electron chi connectivity index (χ2n) is 6.40. The van der Waals surface area contributed by atoms with E-state index in [1.807, 2.05) is 0 Å². The fraction of sp³-hybridized carbons (Fsp3) is 0.389. The molecule has 2 aromatic rings. The van der Waals surface area contributed by atoms with Gasteiger partial charge < -0.3 is 11.1 Å². The van der Waals surface area contributed by atoms with Crippen LogP contribution in [0.3, 0.4) is 0 Å². The van der Waals surface area contributed by atoms with Crippen molar-refractivity contribution in [1.82, 2.24) is 15.4 Å². The summed E-state index contributed by atoms with van der Waals surface area (Å²) >= 11 is 5.83. The lowest BCUT2D eigenvalue weighted by molar-refractivity contribution is 0.0962. The van der Waals surface area contributed by atoms with Gasteiger partial charge in [-0.05, 0) is 37.1 Å². The number of carbonyl (C=O) groups excluding carboxylic acids is 1. The monoisotopic (exact) mass is 374 g/mol. The van der Waals surface area contributed by atoms with Gasteiger partial charge in [-0.15, -0.1) is 0 Å². The van der Waals surface area contributed by atoms with Crippen molar-refractivity contribution < 1.29 is 4.79 Å². The third-order valence-corrected chi connectivity index (χ3v) is 4.73. The molecule has 1 aliphatic carbocycles. The number of amides is 1. The minimum absolute atomic E-state index is 0.307. The van der Waals surface area contributed by atoms with Crippen molar-refractivity contribution in [2.24, 2.45) is 0 Å². The molecule has 0 saturated heterocycles. The maximum atomic E-state index is 12.2. The third-order valence-electron chi connectivity index (χ3n) is 4.48. The van der Waals surface area contributed by atoms with E-state index in [4.69, 9.17) is 17.3 Å². The van der Waals surface area contributed by atoms with E-state index in [-0.39, 0.29) is 5.91 Å². The number of halogens is 1. The topological polar surface area (TPSA) is 105 Å². The summed E-state index contributed by atoms with van der Waals surface area (Å²) in [4.78, 5) is 20.5. The average molecular weight is 375 g/mol.